The molecule has 0 aromatic carbocycles. The average Bonchev–Trinajstić information content (AvgIpc) is 2.59. The largest absolute Gasteiger partial charge is 0.383 e. The van der Waals surface area contributed by atoms with Gasteiger partial charge in [0.2, 0.25) is 5.91 Å². The number of nitrogens with two attached hydrogens (primary N) is 1. The number of anilines is 2. The summed E-state index contributed by atoms with van der Waals surface area (Å²) in [5.41, 5.74) is 4.96. The molecule has 3 N–H and O–H groups in total. The Balaban J connectivity index is 2.30. The normalized spacial score (nSPS) is 15.3. The first-order valence-corrected chi connectivity index (χ1v) is 8.72. The zero-order chi connectivity index (χ0) is 18.4. The maximum atomic E-state index is 12.7. The average molecular weight is 353 g/mol. The number of H-pyrrole nitrogens is 1. The molecular weight excluding hydrogens is 326 g/mol. The minimum atomic E-state index is -0.632. The molecule has 1 aromatic heterocycles. The molecule has 25 heavy (non-hydrogen) atoms. The van der Waals surface area contributed by atoms with Gasteiger partial charge in [0.15, 0.2) is 5.69 Å². The molecule has 0 bridgehead atoms. The smallest absolute Gasteiger partial charge is 0.330 e. The van der Waals surface area contributed by atoms with E-state index in [-0.39, 0.29) is 24.0 Å². The van der Waals surface area contributed by atoms with E-state index in [2.05, 4.69) is 4.98 Å². The summed E-state index contributed by atoms with van der Waals surface area (Å²) in [6.07, 6.45) is 1.64. The van der Waals surface area contributed by atoms with Crippen molar-refractivity contribution in [3.63, 3.8) is 0 Å². The molecule has 2 rings (SSSR count). The SMILES string of the molecule is CCCCn1c(N)c(N(CC)C(=O)CN2CCOCC2)c(=O)[nH]c1=O. The molecular formula is C16H27N5O4. The lowest BCUT2D eigenvalue weighted by Crippen LogP contribution is -2.47. The number of nitrogens with zero attached hydrogens (tertiary/aromatic N) is 3. The van der Waals surface area contributed by atoms with E-state index >= 15 is 0 Å². The van der Waals surface area contributed by atoms with Gasteiger partial charge >= 0.3 is 5.69 Å². The highest BCUT2D eigenvalue weighted by Crippen LogP contribution is 2.17. The third kappa shape index (κ3) is 4.49. The highest BCUT2D eigenvalue weighted by atomic mass is 16.5. The topological polar surface area (TPSA) is 114 Å². The summed E-state index contributed by atoms with van der Waals surface area (Å²) in [7, 11) is 0. The lowest BCUT2D eigenvalue weighted by atomic mass is 10.3. The molecule has 1 aliphatic heterocycles. The highest BCUT2D eigenvalue weighted by molar-refractivity contribution is 5.96. The van der Waals surface area contributed by atoms with Gasteiger partial charge in [-0.25, -0.2) is 4.79 Å². The minimum Gasteiger partial charge on any atom is -0.383 e. The van der Waals surface area contributed by atoms with Gasteiger partial charge in [0.1, 0.15) is 5.82 Å². The zero-order valence-corrected chi connectivity index (χ0v) is 14.9. The number of likely N-dealkylation sites (N-methyl/N-ethyl adjacent to an activating group) is 1. The molecule has 1 aromatic rings. The molecule has 9 nitrogen and oxygen atoms in total. The van der Waals surface area contributed by atoms with Crippen molar-refractivity contribution in [3.05, 3.63) is 20.8 Å². The van der Waals surface area contributed by atoms with Crippen LogP contribution in [0.3, 0.4) is 0 Å². The second kappa shape index (κ2) is 8.82. The fourth-order valence-electron chi connectivity index (χ4n) is 2.87. The number of morpholine rings is 1. The lowest BCUT2D eigenvalue weighted by Gasteiger charge is -2.29. The van der Waals surface area contributed by atoms with Crippen LogP contribution in [0.25, 0.3) is 0 Å². The van der Waals surface area contributed by atoms with Crippen LogP contribution in [0.1, 0.15) is 26.7 Å². The molecule has 0 radical (unpaired) electrons. The van der Waals surface area contributed by atoms with Gasteiger partial charge in [0.25, 0.3) is 5.56 Å². The van der Waals surface area contributed by atoms with Crippen molar-refractivity contribution in [3.8, 4) is 0 Å². The van der Waals surface area contributed by atoms with Crippen LogP contribution < -0.4 is 21.9 Å². The molecule has 0 aliphatic carbocycles. The van der Waals surface area contributed by atoms with Crippen molar-refractivity contribution in [2.75, 3.05) is 50.0 Å². The Hall–Kier alpha value is -2.13. The Morgan fingerprint density at radius 3 is 2.56 bits per heavy atom. The van der Waals surface area contributed by atoms with Crippen LogP contribution in [0.4, 0.5) is 11.5 Å². The van der Waals surface area contributed by atoms with Crippen molar-refractivity contribution in [2.45, 2.75) is 33.2 Å². The van der Waals surface area contributed by atoms with Gasteiger partial charge in [0, 0.05) is 26.2 Å². The van der Waals surface area contributed by atoms with E-state index in [4.69, 9.17) is 10.5 Å². The third-order valence-electron chi connectivity index (χ3n) is 4.30. The van der Waals surface area contributed by atoms with Gasteiger partial charge in [-0.05, 0) is 13.3 Å². The van der Waals surface area contributed by atoms with Gasteiger partial charge in [-0.3, -0.25) is 24.0 Å². The number of amides is 1. The standard InChI is InChI=1S/C16H27N5O4/c1-3-5-6-21-14(17)13(15(23)18-16(21)24)20(4-2)12(22)11-19-7-9-25-10-8-19/h3-11,17H2,1-2H3,(H,18,23,24). The van der Waals surface area contributed by atoms with E-state index < -0.39 is 11.2 Å². The van der Waals surface area contributed by atoms with E-state index in [1.807, 2.05) is 11.8 Å². The number of hydrogen-bond acceptors (Lipinski definition) is 6. The van der Waals surface area contributed by atoms with E-state index in [0.29, 0.717) is 39.4 Å². The van der Waals surface area contributed by atoms with Crippen molar-refractivity contribution in [2.24, 2.45) is 0 Å². The molecule has 1 aliphatic rings. The molecule has 9 heteroatoms. The molecule has 0 saturated carbocycles. The Morgan fingerprint density at radius 1 is 1.28 bits per heavy atom. The summed E-state index contributed by atoms with van der Waals surface area (Å²) in [5, 5.41) is 0. The number of aromatic amines is 1. The van der Waals surface area contributed by atoms with E-state index in [9.17, 15) is 14.4 Å². The number of hydrogen-bond donors (Lipinski definition) is 2. The highest BCUT2D eigenvalue weighted by Gasteiger charge is 2.25. The zero-order valence-electron chi connectivity index (χ0n) is 14.9. The summed E-state index contributed by atoms with van der Waals surface area (Å²) < 4.78 is 6.60. The Bertz CT molecular complexity index is 705. The molecule has 0 unspecified atom stereocenters. The Labute approximate surface area is 146 Å². The van der Waals surface area contributed by atoms with Crippen molar-refractivity contribution in [1.82, 2.24) is 14.5 Å². The minimum absolute atomic E-state index is 0.0411. The number of carbonyl (C=O) groups is 1. The summed E-state index contributed by atoms with van der Waals surface area (Å²) in [4.78, 5) is 42.6. The number of nitrogens with one attached hydrogen (secondary N) is 1. The van der Waals surface area contributed by atoms with Crippen molar-refractivity contribution >= 4 is 17.4 Å². The number of rotatable bonds is 7. The first kappa shape index (κ1) is 19.2. The summed E-state index contributed by atoms with van der Waals surface area (Å²) in [6, 6.07) is 0. The van der Waals surface area contributed by atoms with Crippen LogP contribution in [-0.4, -0.2) is 59.8 Å². The molecule has 140 valence electrons. The fourth-order valence-corrected chi connectivity index (χ4v) is 2.87. The number of ether oxygens (including phenoxy) is 1. The predicted octanol–water partition coefficient (Wildman–Crippen LogP) is -0.396. The number of aromatic nitrogens is 2. The van der Waals surface area contributed by atoms with Crippen LogP contribution in [0, 0.1) is 0 Å². The van der Waals surface area contributed by atoms with Crippen LogP contribution in [0.5, 0.6) is 0 Å². The molecule has 2 heterocycles. The monoisotopic (exact) mass is 353 g/mol. The first-order valence-electron chi connectivity index (χ1n) is 8.72. The maximum absolute atomic E-state index is 12.7. The Kier molecular flexibility index (Phi) is 6.77. The number of carbonyl (C=O) groups excluding carboxylic acids is 1. The second-order valence-electron chi connectivity index (χ2n) is 6.02. The fraction of sp³-hybridized carbons (Fsp3) is 0.688. The second-order valence-corrected chi connectivity index (χ2v) is 6.02. The predicted molar refractivity (Wildman–Crippen MR) is 95.9 cm³/mol. The van der Waals surface area contributed by atoms with Gasteiger partial charge in [-0.15, -0.1) is 0 Å². The van der Waals surface area contributed by atoms with Gasteiger partial charge in [-0.2, -0.15) is 0 Å². The maximum Gasteiger partial charge on any atom is 0.330 e. The first-order chi connectivity index (χ1) is 12.0. The summed E-state index contributed by atoms with van der Waals surface area (Å²) in [5.74, 6) is -0.179. The van der Waals surface area contributed by atoms with E-state index in [1.54, 1.807) is 6.92 Å². The van der Waals surface area contributed by atoms with Crippen LogP contribution >= 0.6 is 0 Å². The molecule has 1 amide bonds. The van der Waals surface area contributed by atoms with Crippen LogP contribution in [0.2, 0.25) is 0 Å². The number of nitrogen functional groups attached to an aromatic ring is 1. The van der Waals surface area contributed by atoms with Gasteiger partial charge in [0.05, 0.1) is 19.8 Å². The van der Waals surface area contributed by atoms with Gasteiger partial charge in [-0.1, -0.05) is 13.3 Å². The van der Waals surface area contributed by atoms with Crippen molar-refractivity contribution in [1.29, 1.82) is 0 Å². The third-order valence-corrected chi connectivity index (χ3v) is 4.30. The molecule has 1 fully saturated rings. The summed E-state index contributed by atoms with van der Waals surface area (Å²) in [6.45, 7) is 7.17. The van der Waals surface area contributed by atoms with E-state index in [0.717, 1.165) is 12.8 Å². The van der Waals surface area contributed by atoms with Crippen molar-refractivity contribution < 1.29 is 9.53 Å². The Morgan fingerprint density at radius 2 is 1.96 bits per heavy atom. The molecule has 0 spiro atoms. The quantitative estimate of drug-likeness (QED) is 0.690. The summed E-state index contributed by atoms with van der Waals surface area (Å²) >= 11 is 0. The van der Waals surface area contributed by atoms with Crippen LogP contribution in [0.15, 0.2) is 9.59 Å². The number of unbranched alkanes of at least 4 members (excludes halogenated alkanes) is 1. The van der Waals surface area contributed by atoms with Crippen LogP contribution in [-0.2, 0) is 16.1 Å². The lowest BCUT2D eigenvalue weighted by molar-refractivity contribution is -0.120. The molecule has 0 atom stereocenters. The molecule has 1 saturated heterocycles. The van der Waals surface area contributed by atoms with Gasteiger partial charge < -0.3 is 15.4 Å². The van der Waals surface area contributed by atoms with E-state index in [1.165, 1.54) is 9.47 Å².